The molecule has 2 atom stereocenters. The molecular formula is C26H30Cl2FN5O2. The van der Waals surface area contributed by atoms with Crippen LogP contribution in [0.3, 0.4) is 0 Å². The van der Waals surface area contributed by atoms with E-state index in [2.05, 4.69) is 27.0 Å². The van der Waals surface area contributed by atoms with Gasteiger partial charge >= 0.3 is 6.03 Å². The van der Waals surface area contributed by atoms with Crippen molar-refractivity contribution in [2.75, 3.05) is 38.5 Å². The first kappa shape index (κ1) is 26.3. The van der Waals surface area contributed by atoms with Crippen molar-refractivity contribution >= 4 is 35.1 Å². The van der Waals surface area contributed by atoms with Crippen molar-refractivity contribution in [2.24, 2.45) is 0 Å². The average molecular weight is 534 g/mol. The van der Waals surface area contributed by atoms with Crippen LogP contribution in [0.25, 0.3) is 0 Å². The summed E-state index contributed by atoms with van der Waals surface area (Å²) in [5.74, 6) is 5.77. The van der Waals surface area contributed by atoms with Gasteiger partial charge in [0.2, 0.25) is 0 Å². The van der Waals surface area contributed by atoms with Gasteiger partial charge in [-0.1, -0.05) is 35.0 Å². The number of amides is 2. The molecular weight excluding hydrogens is 504 g/mol. The van der Waals surface area contributed by atoms with E-state index in [0.717, 1.165) is 39.0 Å². The van der Waals surface area contributed by atoms with Gasteiger partial charge in [-0.3, -0.25) is 0 Å². The summed E-state index contributed by atoms with van der Waals surface area (Å²) in [4.78, 5) is 21.2. The summed E-state index contributed by atoms with van der Waals surface area (Å²) in [5, 5.41) is 3.08. The van der Waals surface area contributed by atoms with Gasteiger partial charge in [0.25, 0.3) is 0 Å². The molecule has 2 amide bonds. The molecule has 3 N–H and O–H groups in total. The molecule has 1 aromatic heterocycles. The number of nitrogens with zero attached hydrogens (tertiary/aromatic N) is 3. The maximum atomic E-state index is 13.9. The number of halogens is 3. The van der Waals surface area contributed by atoms with E-state index in [9.17, 15) is 9.18 Å². The zero-order valence-corrected chi connectivity index (χ0v) is 21.7. The van der Waals surface area contributed by atoms with Gasteiger partial charge in [0, 0.05) is 47.5 Å². The highest BCUT2D eigenvalue weighted by atomic mass is 35.5. The van der Waals surface area contributed by atoms with Gasteiger partial charge in [-0.25, -0.2) is 14.2 Å². The lowest BCUT2D eigenvalue weighted by molar-refractivity contribution is 0.176. The Morgan fingerprint density at radius 1 is 1.31 bits per heavy atom. The number of aromatic nitrogens is 1. The van der Waals surface area contributed by atoms with Crippen LogP contribution in [0, 0.1) is 17.7 Å². The fourth-order valence-corrected chi connectivity index (χ4v) is 5.38. The number of ether oxygens (including phenoxy) is 1. The Balaban J connectivity index is 1.34. The van der Waals surface area contributed by atoms with Crippen LogP contribution in [-0.4, -0.2) is 59.6 Å². The molecule has 2 saturated heterocycles. The molecule has 10 heteroatoms. The molecule has 0 spiro atoms. The number of pyridine rings is 1. The van der Waals surface area contributed by atoms with E-state index in [1.807, 2.05) is 4.90 Å². The van der Waals surface area contributed by atoms with E-state index in [-0.39, 0.29) is 40.2 Å². The fourth-order valence-electron chi connectivity index (χ4n) is 4.71. The number of carbonyl (C=O) groups excluding carboxylic acids is 1. The summed E-state index contributed by atoms with van der Waals surface area (Å²) in [7, 11) is 0. The van der Waals surface area contributed by atoms with E-state index in [1.54, 1.807) is 13.0 Å². The molecule has 1 unspecified atom stereocenters. The van der Waals surface area contributed by atoms with Crippen molar-refractivity contribution in [3.8, 4) is 17.6 Å². The maximum Gasteiger partial charge on any atom is 0.318 e. The highest BCUT2D eigenvalue weighted by Crippen LogP contribution is 2.36. The second-order valence-corrected chi connectivity index (χ2v) is 9.87. The number of benzene rings is 1. The molecule has 36 heavy (non-hydrogen) atoms. The van der Waals surface area contributed by atoms with Crippen LogP contribution >= 0.6 is 23.2 Å². The number of hydrogen-bond acceptors (Lipinski definition) is 5. The first-order chi connectivity index (χ1) is 17.3. The first-order valence-corrected chi connectivity index (χ1v) is 12.9. The van der Waals surface area contributed by atoms with E-state index < -0.39 is 11.9 Å². The summed E-state index contributed by atoms with van der Waals surface area (Å²) >= 11 is 12.3. The normalized spacial score (nSPS) is 18.6. The van der Waals surface area contributed by atoms with Gasteiger partial charge in [-0.2, -0.15) is 0 Å². The molecule has 0 aliphatic carbocycles. The minimum atomic E-state index is -0.679. The number of hydrogen-bond donors (Lipinski definition) is 2. The summed E-state index contributed by atoms with van der Waals surface area (Å²) in [6.45, 7) is 5.87. The molecule has 2 aliphatic rings. The van der Waals surface area contributed by atoms with Gasteiger partial charge in [0.15, 0.2) is 11.6 Å². The van der Waals surface area contributed by atoms with Crippen molar-refractivity contribution < 1.29 is 13.9 Å². The molecule has 192 valence electrons. The number of nitrogen functional groups attached to an aromatic ring is 1. The zero-order chi connectivity index (χ0) is 25.7. The predicted octanol–water partition coefficient (Wildman–Crippen LogP) is 4.87. The van der Waals surface area contributed by atoms with Crippen molar-refractivity contribution in [1.29, 1.82) is 0 Å². The maximum absolute atomic E-state index is 13.9. The quantitative estimate of drug-likeness (QED) is 0.408. The third kappa shape index (κ3) is 6.33. The predicted molar refractivity (Wildman–Crippen MR) is 140 cm³/mol. The largest absolute Gasteiger partial charge is 0.482 e. The number of nitrogens with two attached hydrogens (primary N) is 1. The van der Waals surface area contributed by atoms with Crippen molar-refractivity contribution in [2.45, 2.75) is 44.8 Å². The molecule has 0 saturated carbocycles. The molecule has 7 nitrogen and oxygen atoms in total. The average Bonchev–Trinajstić information content (AvgIpc) is 3.54. The Labute approximate surface area is 221 Å². The Hall–Kier alpha value is -2.73. The van der Waals surface area contributed by atoms with Gasteiger partial charge in [-0.05, 0) is 57.8 Å². The van der Waals surface area contributed by atoms with Crippen LogP contribution in [0.4, 0.5) is 15.0 Å². The summed E-state index contributed by atoms with van der Waals surface area (Å²) < 4.78 is 19.8. The number of anilines is 1. The first-order valence-electron chi connectivity index (χ1n) is 12.1. The molecule has 1 aromatic carbocycles. The summed E-state index contributed by atoms with van der Waals surface area (Å²) in [6.07, 6.45) is 5.40. The monoisotopic (exact) mass is 533 g/mol. The molecule has 0 radical (unpaired) electrons. The van der Waals surface area contributed by atoms with Crippen LogP contribution < -0.4 is 15.8 Å². The van der Waals surface area contributed by atoms with Gasteiger partial charge in [0.1, 0.15) is 11.9 Å². The van der Waals surface area contributed by atoms with Crippen molar-refractivity contribution in [1.82, 2.24) is 20.1 Å². The van der Waals surface area contributed by atoms with Crippen LogP contribution in [-0.2, 0) is 0 Å². The number of carbonyl (C=O) groups is 1. The molecule has 2 aliphatic heterocycles. The zero-order valence-electron chi connectivity index (χ0n) is 20.2. The number of urea groups is 1. The Bertz CT molecular complexity index is 1160. The van der Waals surface area contributed by atoms with E-state index in [0.29, 0.717) is 11.1 Å². The lowest BCUT2D eigenvalue weighted by atomic mass is 10.1. The topological polar surface area (TPSA) is 83.7 Å². The van der Waals surface area contributed by atoms with Crippen LogP contribution in [0.5, 0.6) is 5.75 Å². The number of rotatable bonds is 6. The standard InChI is InChI=1S/C26H30Cl2FN5O2/c1-17(23-20(27)8-9-21(29)24(23)28)36-22-14-18(15-32-25(22)30)6-4-10-31-26(35)34-13-5-7-19(34)16-33-11-2-3-12-33/h8-9,14-15,17,19H,2-3,5,7,10-13,16H2,1H3,(H2,30,32)(H,31,35)/t17?,19-/m1/s1. The van der Waals surface area contributed by atoms with Crippen LogP contribution in [0.1, 0.15) is 49.8 Å². The third-order valence-corrected chi connectivity index (χ3v) is 7.25. The molecule has 4 rings (SSSR count). The van der Waals surface area contributed by atoms with Gasteiger partial charge in [0.05, 0.1) is 11.6 Å². The minimum absolute atomic E-state index is 0.0804. The summed E-state index contributed by atoms with van der Waals surface area (Å²) in [5.41, 5.74) is 6.85. The van der Waals surface area contributed by atoms with Crippen molar-refractivity contribution in [3.05, 3.63) is 51.4 Å². The Morgan fingerprint density at radius 2 is 2.08 bits per heavy atom. The second-order valence-electron chi connectivity index (χ2n) is 9.08. The van der Waals surface area contributed by atoms with E-state index >= 15 is 0 Å². The number of likely N-dealkylation sites (tertiary alicyclic amines) is 2. The molecule has 3 heterocycles. The van der Waals surface area contributed by atoms with Crippen LogP contribution in [0.2, 0.25) is 10.0 Å². The van der Waals surface area contributed by atoms with E-state index in [1.165, 1.54) is 31.2 Å². The molecule has 2 fully saturated rings. The molecule has 0 bridgehead atoms. The number of nitrogens with one attached hydrogen (secondary N) is 1. The fraction of sp³-hybridized carbons (Fsp3) is 0.462. The Kier molecular flexibility index (Phi) is 8.78. The Morgan fingerprint density at radius 3 is 2.86 bits per heavy atom. The highest BCUT2D eigenvalue weighted by molar-refractivity contribution is 6.36. The van der Waals surface area contributed by atoms with Gasteiger partial charge < -0.3 is 25.6 Å². The van der Waals surface area contributed by atoms with Crippen molar-refractivity contribution in [3.63, 3.8) is 0 Å². The third-order valence-electron chi connectivity index (χ3n) is 6.54. The summed E-state index contributed by atoms with van der Waals surface area (Å²) in [6, 6.07) is 4.44. The van der Waals surface area contributed by atoms with E-state index in [4.69, 9.17) is 33.7 Å². The van der Waals surface area contributed by atoms with Crippen LogP contribution in [0.15, 0.2) is 24.4 Å². The van der Waals surface area contributed by atoms with Gasteiger partial charge in [-0.15, -0.1) is 0 Å². The minimum Gasteiger partial charge on any atom is -0.482 e. The lowest BCUT2D eigenvalue weighted by Gasteiger charge is -2.28. The second kappa shape index (κ2) is 12.0. The highest BCUT2D eigenvalue weighted by Gasteiger charge is 2.30. The smallest absolute Gasteiger partial charge is 0.318 e. The SMILES string of the molecule is CC(Oc1cc(C#CCNC(=O)N2CCC[C@@H]2CN2CCCC2)cnc1N)c1c(Cl)ccc(F)c1Cl. The lowest BCUT2D eigenvalue weighted by Crippen LogP contribution is -2.47. The molecule has 2 aromatic rings.